The Morgan fingerprint density at radius 1 is 0.438 bits per heavy atom. The van der Waals surface area contributed by atoms with Gasteiger partial charge in [0.2, 0.25) is 0 Å². The van der Waals surface area contributed by atoms with Gasteiger partial charge in [0.25, 0.3) is 0 Å². The highest BCUT2D eigenvalue weighted by Gasteiger charge is 2.12. The summed E-state index contributed by atoms with van der Waals surface area (Å²) < 4.78 is 0. The lowest BCUT2D eigenvalue weighted by Gasteiger charge is -2.07. The van der Waals surface area contributed by atoms with E-state index in [9.17, 15) is 0 Å². The Kier molecular flexibility index (Phi) is 17.6. The summed E-state index contributed by atoms with van der Waals surface area (Å²) >= 11 is 11.0. The second-order valence-electron chi connectivity index (χ2n) is 9.08. The van der Waals surface area contributed by atoms with Crippen LogP contribution in [0.2, 0.25) is 0 Å². The Balaban J connectivity index is 1.63. The minimum atomic E-state index is 1.17. The zero-order chi connectivity index (χ0) is 22.7. The molecule has 0 N–H and O–H groups in total. The average Bonchev–Trinajstić information content (AvgIpc) is 3.46. The SMILES string of the molecule is BrCCCCCCCCCCc1ccsc1-c1sccc1CCCCCCCCCCBr. The van der Waals surface area contributed by atoms with Crippen LogP contribution in [0, 0.1) is 0 Å². The largest absolute Gasteiger partial charge is 0.143 e. The van der Waals surface area contributed by atoms with Gasteiger partial charge in [0.15, 0.2) is 0 Å². The molecular formula is C28H44Br2S2. The third-order valence-corrected chi connectivity index (χ3v) is 9.56. The summed E-state index contributed by atoms with van der Waals surface area (Å²) in [6.45, 7) is 0. The summed E-state index contributed by atoms with van der Waals surface area (Å²) in [5.41, 5.74) is 3.19. The molecule has 0 saturated carbocycles. The van der Waals surface area contributed by atoms with Crippen LogP contribution in [-0.4, -0.2) is 10.7 Å². The highest BCUT2D eigenvalue weighted by atomic mass is 79.9. The third-order valence-electron chi connectivity index (χ3n) is 6.36. The van der Waals surface area contributed by atoms with Crippen molar-refractivity contribution in [1.82, 2.24) is 0 Å². The molecule has 32 heavy (non-hydrogen) atoms. The Bertz CT molecular complexity index is 618. The smallest absolute Gasteiger partial charge is 0.0477 e. The van der Waals surface area contributed by atoms with Crippen LogP contribution in [0.25, 0.3) is 9.75 Å². The first-order chi connectivity index (χ1) is 15.9. The molecule has 0 fully saturated rings. The molecule has 2 aromatic rings. The van der Waals surface area contributed by atoms with E-state index in [1.165, 1.54) is 126 Å². The first-order valence-corrected chi connectivity index (χ1v) is 17.1. The van der Waals surface area contributed by atoms with E-state index in [1.807, 2.05) is 22.7 Å². The van der Waals surface area contributed by atoms with E-state index >= 15 is 0 Å². The van der Waals surface area contributed by atoms with Gasteiger partial charge in [-0.3, -0.25) is 0 Å². The van der Waals surface area contributed by atoms with Gasteiger partial charge in [-0.15, -0.1) is 22.7 Å². The van der Waals surface area contributed by atoms with Crippen molar-refractivity contribution in [1.29, 1.82) is 0 Å². The number of rotatable bonds is 21. The Hall–Kier alpha value is 0.360. The van der Waals surface area contributed by atoms with Gasteiger partial charge in [-0.1, -0.05) is 109 Å². The lowest BCUT2D eigenvalue weighted by molar-refractivity contribution is 0.577. The lowest BCUT2D eigenvalue weighted by Crippen LogP contribution is -1.90. The topological polar surface area (TPSA) is 0 Å². The Labute approximate surface area is 223 Å². The number of halogens is 2. The number of unbranched alkanes of at least 4 members (excludes halogenated alkanes) is 14. The van der Waals surface area contributed by atoms with Gasteiger partial charge in [-0.2, -0.15) is 0 Å². The average molecular weight is 605 g/mol. The van der Waals surface area contributed by atoms with Crippen molar-refractivity contribution in [3.8, 4) is 9.75 Å². The van der Waals surface area contributed by atoms with E-state index in [-0.39, 0.29) is 0 Å². The molecule has 0 atom stereocenters. The molecule has 0 saturated heterocycles. The Morgan fingerprint density at radius 2 is 0.750 bits per heavy atom. The fourth-order valence-electron chi connectivity index (χ4n) is 4.40. The van der Waals surface area contributed by atoms with Crippen molar-refractivity contribution in [2.45, 2.75) is 116 Å². The quantitative estimate of drug-likeness (QED) is 0.0982. The maximum absolute atomic E-state index is 3.53. The first-order valence-electron chi connectivity index (χ1n) is 13.1. The molecule has 0 radical (unpaired) electrons. The molecular weight excluding hydrogens is 560 g/mol. The molecule has 0 aromatic carbocycles. The standard InChI is InChI=1S/C28H44Br2S2/c29-21-15-11-7-3-1-5-9-13-17-25-19-23-31-27(25)28-26(20-24-32-28)18-14-10-6-2-4-8-12-16-22-30/h19-20,23-24H,1-18,21-22H2. The van der Waals surface area contributed by atoms with E-state index in [4.69, 9.17) is 0 Å². The third kappa shape index (κ3) is 12.2. The molecule has 0 aliphatic rings. The van der Waals surface area contributed by atoms with Crippen LogP contribution >= 0.6 is 54.5 Å². The maximum atomic E-state index is 3.53. The molecule has 0 aliphatic heterocycles. The van der Waals surface area contributed by atoms with Crippen molar-refractivity contribution < 1.29 is 0 Å². The van der Waals surface area contributed by atoms with Crippen LogP contribution in [-0.2, 0) is 12.8 Å². The predicted octanol–water partition coefficient (Wildman–Crippen LogP) is 11.6. The number of hydrogen-bond acceptors (Lipinski definition) is 2. The van der Waals surface area contributed by atoms with Gasteiger partial charge in [0.1, 0.15) is 0 Å². The molecule has 4 heteroatoms. The normalized spacial score (nSPS) is 11.4. The van der Waals surface area contributed by atoms with E-state index in [0.717, 1.165) is 0 Å². The minimum absolute atomic E-state index is 1.17. The molecule has 182 valence electrons. The Morgan fingerprint density at radius 3 is 1.09 bits per heavy atom. The van der Waals surface area contributed by atoms with Crippen molar-refractivity contribution in [3.63, 3.8) is 0 Å². The number of aryl methyl sites for hydroxylation is 2. The van der Waals surface area contributed by atoms with Crippen molar-refractivity contribution in [2.24, 2.45) is 0 Å². The van der Waals surface area contributed by atoms with Crippen molar-refractivity contribution in [3.05, 3.63) is 34.0 Å². The molecule has 2 rings (SSSR count). The van der Waals surface area contributed by atoms with Gasteiger partial charge < -0.3 is 0 Å². The summed E-state index contributed by atoms with van der Waals surface area (Å²) in [4.78, 5) is 3.13. The van der Waals surface area contributed by atoms with Gasteiger partial charge in [-0.25, -0.2) is 0 Å². The highest BCUT2D eigenvalue weighted by Crippen LogP contribution is 2.37. The first kappa shape index (κ1) is 28.6. The lowest BCUT2D eigenvalue weighted by atomic mass is 10.0. The molecule has 0 unspecified atom stereocenters. The second-order valence-corrected chi connectivity index (χ2v) is 12.5. The fraction of sp³-hybridized carbons (Fsp3) is 0.714. The number of thiophene rings is 2. The molecule has 0 amide bonds. The summed E-state index contributed by atoms with van der Waals surface area (Å²) in [6, 6.07) is 4.78. The zero-order valence-corrected chi connectivity index (χ0v) is 24.8. The number of hydrogen-bond donors (Lipinski definition) is 0. The number of alkyl halides is 2. The summed E-state index contributed by atoms with van der Waals surface area (Å²) in [5.74, 6) is 0. The second kappa shape index (κ2) is 19.6. The summed E-state index contributed by atoms with van der Waals surface area (Å²) in [7, 11) is 0. The van der Waals surface area contributed by atoms with Gasteiger partial charge >= 0.3 is 0 Å². The van der Waals surface area contributed by atoms with Crippen LogP contribution in [0.1, 0.15) is 114 Å². The van der Waals surface area contributed by atoms with E-state index in [1.54, 1.807) is 20.9 Å². The van der Waals surface area contributed by atoms with Crippen LogP contribution in [0.5, 0.6) is 0 Å². The molecule has 2 heterocycles. The highest BCUT2D eigenvalue weighted by molar-refractivity contribution is 9.09. The van der Waals surface area contributed by atoms with E-state index < -0.39 is 0 Å². The van der Waals surface area contributed by atoms with E-state index in [2.05, 4.69) is 54.8 Å². The molecule has 0 nitrogen and oxygen atoms in total. The van der Waals surface area contributed by atoms with Gasteiger partial charge in [-0.05, 0) is 72.5 Å². The van der Waals surface area contributed by atoms with Crippen LogP contribution < -0.4 is 0 Å². The fourth-order valence-corrected chi connectivity index (χ4v) is 7.34. The molecule has 2 aromatic heterocycles. The van der Waals surface area contributed by atoms with Crippen LogP contribution in [0.3, 0.4) is 0 Å². The zero-order valence-electron chi connectivity index (χ0n) is 20.0. The predicted molar refractivity (Wildman–Crippen MR) is 156 cm³/mol. The summed E-state index contributed by atoms with van der Waals surface area (Å²) in [6.07, 6.45) is 24.8. The molecule has 0 spiro atoms. The molecule has 0 aliphatic carbocycles. The minimum Gasteiger partial charge on any atom is -0.143 e. The van der Waals surface area contributed by atoms with E-state index in [0.29, 0.717) is 0 Å². The van der Waals surface area contributed by atoms with Crippen LogP contribution in [0.15, 0.2) is 22.9 Å². The summed E-state index contributed by atoms with van der Waals surface area (Å²) in [5, 5.41) is 6.96. The maximum Gasteiger partial charge on any atom is 0.0477 e. The van der Waals surface area contributed by atoms with Crippen molar-refractivity contribution >= 4 is 54.5 Å². The van der Waals surface area contributed by atoms with Gasteiger partial charge in [0.05, 0.1) is 0 Å². The van der Waals surface area contributed by atoms with Crippen LogP contribution in [0.4, 0.5) is 0 Å². The van der Waals surface area contributed by atoms with Crippen molar-refractivity contribution in [2.75, 3.05) is 10.7 Å². The molecule has 0 bridgehead atoms. The monoisotopic (exact) mass is 602 g/mol. The van der Waals surface area contributed by atoms with Gasteiger partial charge in [0, 0.05) is 20.4 Å².